The van der Waals surface area contributed by atoms with Gasteiger partial charge in [-0.1, -0.05) is 29.3 Å². The van der Waals surface area contributed by atoms with E-state index in [1.165, 1.54) is 6.33 Å². The smallest absolute Gasteiger partial charge is 0.137 e. The summed E-state index contributed by atoms with van der Waals surface area (Å²) in [5.41, 5.74) is 0.901. The molecule has 4 nitrogen and oxygen atoms in total. The Kier molecular flexibility index (Phi) is 4.58. The van der Waals surface area contributed by atoms with Crippen LogP contribution in [0.4, 0.5) is 0 Å². The fourth-order valence-electron chi connectivity index (χ4n) is 1.70. The van der Waals surface area contributed by atoms with Gasteiger partial charge in [-0.25, -0.2) is 4.98 Å². The summed E-state index contributed by atoms with van der Waals surface area (Å²) in [6.07, 6.45) is 2.98. The van der Waals surface area contributed by atoms with E-state index in [4.69, 9.17) is 27.9 Å². The van der Waals surface area contributed by atoms with Gasteiger partial charge in [0, 0.05) is 22.2 Å². The van der Waals surface area contributed by atoms with Gasteiger partial charge >= 0.3 is 0 Å². The third kappa shape index (κ3) is 3.22. The van der Waals surface area contributed by atoms with E-state index in [0.29, 0.717) is 23.2 Å². The highest BCUT2D eigenvalue weighted by Crippen LogP contribution is 2.29. The van der Waals surface area contributed by atoms with Crippen LogP contribution in [-0.2, 0) is 11.3 Å². The van der Waals surface area contributed by atoms with E-state index in [9.17, 15) is 0 Å². The molecule has 18 heavy (non-hydrogen) atoms. The number of halogens is 2. The Balaban J connectivity index is 2.23. The molecule has 0 aliphatic heterocycles. The summed E-state index contributed by atoms with van der Waals surface area (Å²) in [4.78, 5) is 3.91. The van der Waals surface area contributed by atoms with E-state index >= 15 is 0 Å². The fourth-order valence-corrected chi connectivity index (χ4v) is 2.23. The van der Waals surface area contributed by atoms with Crippen molar-refractivity contribution in [3.05, 3.63) is 46.5 Å². The van der Waals surface area contributed by atoms with E-state index in [0.717, 1.165) is 5.56 Å². The van der Waals surface area contributed by atoms with Crippen molar-refractivity contribution in [2.24, 2.45) is 0 Å². The summed E-state index contributed by atoms with van der Waals surface area (Å²) in [6.45, 7) is 3.10. The highest BCUT2D eigenvalue weighted by atomic mass is 35.5. The Hall–Kier alpha value is -1.10. The molecular formula is C12H13Cl2N3O. The minimum atomic E-state index is -0.165. The molecule has 0 radical (unpaired) electrons. The number of nitrogens with zero attached hydrogens (tertiary/aromatic N) is 3. The molecule has 0 bridgehead atoms. The lowest BCUT2D eigenvalue weighted by molar-refractivity contribution is 0.0472. The van der Waals surface area contributed by atoms with Crippen LogP contribution in [0.15, 0.2) is 30.9 Å². The molecule has 0 saturated heterocycles. The van der Waals surface area contributed by atoms with E-state index in [1.807, 2.05) is 13.0 Å². The van der Waals surface area contributed by atoms with Crippen molar-refractivity contribution in [2.75, 3.05) is 6.61 Å². The van der Waals surface area contributed by atoms with E-state index < -0.39 is 0 Å². The topological polar surface area (TPSA) is 39.9 Å². The fraction of sp³-hybridized carbons (Fsp3) is 0.333. The maximum Gasteiger partial charge on any atom is 0.137 e. The summed E-state index contributed by atoms with van der Waals surface area (Å²) in [7, 11) is 0. The van der Waals surface area contributed by atoms with Crippen LogP contribution >= 0.6 is 23.2 Å². The Morgan fingerprint density at radius 1 is 1.39 bits per heavy atom. The first-order chi connectivity index (χ1) is 8.70. The van der Waals surface area contributed by atoms with Gasteiger partial charge in [0.15, 0.2) is 0 Å². The van der Waals surface area contributed by atoms with Crippen LogP contribution in [0.5, 0.6) is 0 Å². The number of ether oxygens (including phenoxy) is 1. The van der Waals surface area contributed by atoms with Crippen molar-refractivity contribution in [1.29, 1.82) is 0 Å². The number of benzene rings is 1. The van der Waals surface area contributed by atoms with Gasteiger partial charge in [0.05, 0.1) is 6.54 Å². The van der Waals surface area contributed by atoms with Gasteiger partial charge in [0.25, 0.3) is 0 Å². The number of hydrogen-bond donors (Lipinski definition) is 0. The number of aromatic nitrogens is 3. The summed E-state index contributed by atoms with van der Waals surface area (Å²) in [6, 6.07) is 5.39. The summed E-state index contributed by atoms with van der Waals surface area (Å²) >= 11 is 12.1. The average Bonchev–Trinajstić information content (AvgIpc) is 2.81. The van der Waals surface area contributed by atoms with Crippen LogP contribution in [-0.4, -0.2) is 21.4 Å². The zero-order valence-electron chi connectivity index (χ0n) is 9.88. The summed E-state index contributed by atoms with van der Waals surface area (Å²) in [5, 5.41) is 5.28. The molecule has 1 aromatic carbocycles. The van der Waals surface area contributed by atoms with Crippen LogP contribution in [0, 0.1) is 0 Å². The molecule has 0 N–H and O–H groups in total. The zero-order chi connectivity index (χ0) is 13.0. The first-order valence-corrected chi connectivity index (χ1v) is 6.35. The van der Waals surface area contributed by atoms with Crippen molar-refractivity contribution in [3.63, 3.8) is 0 Å². The molecule has 1 heterocycles. The summed E-state index contributed by atoms with van der Waals surface area (Å²) in [5.74, 6) is 0. The molecular weight excluding hydrogens is 273 g/mol. The van der Waals surface area contributed by atoms with Crippen LogP contribution < -0.4 is 0 Å². The second-order valence-corrected chi connectivity index (χ2v) is 4.57. The summed E-state index contributed by atoms with van der Waals surface area (Å²) < 4.78 is 7.42. The predicted molar refractivity (Wildman–Crippen MR) is 70.9 cm³/mol. The monoisotopic (exact) mass is 285 g/mol. The van der Waals surface area contributed by atoms with Crippen molar-refractivity contribution >= 4 is 23.2 Å². The van der Waals surface area contributed by atoms with Gasteiger partial charge in [-0.15, -0.1) is 0 Å². The molecule has 0 aliphatic rings. The van der Waals surface area contributed by atoms with Crippen LogP contribution in [0.1, 0.15) is 18.6 Å². The van der Waals surface area contributed by atoms with Crippen LogP contribution in [0.3, 0.4) is 0 Å². The molecule has 6 heteroatoms. The van der Waals surface area contributed by atoms with Crippen molar-refractivity contribution in [3.8, 4) is 0 Å². The Morgan fingerprint density at radius 3 is 2.83 bits per heavy atom. The SMILES string of the molecule is CCOC(Cn1cncn1)c1ccc(Cl)cc1Cl. The normalized spacial score (nSPS) is 12.6. The highest BCUT2D eigenvalue weighted by Gasteiger charge is 2.16. The van der Waals surface area contributed by atoms with Gasteiger partial charge in [-0.3, -0.25) is 4.68 Å². The van der Waals surface area contributed by atoms with Crippen LogP contribution in [0.25, 0.3) is 0 Å². The van der Waals surface area contributed by atoms with Gasteiger partial charge in [0.1, 0.15) is 18.8 Å². The molecule has 1 aromatic heterocycles. The molecule has 0 fully saturated rings. The van der Waals surface area contributed by atoms with Gasteiger partial charge in [-0.2, -0.15) is 5.10 Å². The molecule has 0 spiro atoms. The molecule has 1 unspecified atom stereocenters. The maximum absolute atomic E-state index is 6.19. The minimum Gasteiger partial charge on any atom is -0.372 e. The lowest BCUT2D eigenvalue weighted by Crippen LogP contribution is -2.13. The van der Waals surface area contributed by atoms with E-state index in [-0.39, 0.29) is 6.10 Å². The zero-order valence-corrected chi connectivity index (χ0v) is 11.4. The van der Waals surface area contributed by atoms with Gasteiger partial charge in [-0.05, 0) is 19.1 Å². The predicted octanol–water partition coefficient (Wildman–Crippen LogP) is 3.36. The first kappa shape index (κ1) is 13.3. The number of rotatable bonds is 5. The second kappa shape index (κ2) is 6.18. The van der Waals surface area contributed by atoms with Gasteiger partial charge < -0.3 is 4.74 Å². The second-order valence-electron chi connectivity index (χ2n) is 3.73. The largest absolute Gasteiger partial charge is 0.372 e. The molecule has 2 aromatic rings. The molecule has 1 atom stereocenters. The molecule has 96 valence electrons. The van der Waals surface area contributed by atoms with Crippen molar-refractivity contribution in [2.45, 2.75) is 19.6 Å². The molecule has 2 rings (SSSR count). The third-order valence-corrected chi connectivity index (χ3v) is 3.06. The van der Waals surface area contributed by atoms with Crippen LogP contribution in [0.2, 0.25) is 10.0 Å². The minimum absolute atomic E-state index is 0.165. The first-order valence-electron chi connectivity index (χ1n) is 5.59. The third-order valence-electron chi connectivity index (χ3n) is 2.50. The average molecular weight is 286 g/mol. The van der Waals surface area contributed by atoms with Crippen molar-refractivity contribution < 1.29 is 4.74 Å². The molecule has 0 saturated carbocycles. The van der Waals surface area contributed by atoms with E-state index in [2.05, 4.69) is 10.1 Å². The lowest BCUT2D eigenvalue weighted by atomic mass is 10.1. The maximum atomic E-state index is 6.19. The van der Waals surface area contributed by atoms with Crippen molar-refractivity contribution in [1.82, 2.24) is 14.8 Å². The Bertz CT molecular complexity index is 502. The standard InChI is InChI=1S/C12H13Cl2N3O/c1-2-18-12(6-17-8-15-7-16-17)10-4-3-9(13)5-11(10)14/h3-5,7-8,12H,2,6H2,1H3. The Labute approximate surface area is 115 Å². The van der Waals surface area contributed by atoms with E-state index in [1.54, 1.807) is 23.1 Å². The quantitative estimate of drug-likeness (QED) is 0.846. The number of hydrogen-bond acceptors (Lipinski definition) is 3. The molecule has 0 aliphatic carbocycles. The molecule has 0 amide bonds. The lowest BCUT2D eigenvalue weighted by Gasteiger charge is -2.18. The van der Waals surface area contributed by atoms with Gasteiger partial charge in [0.2, 0.25) is 0 Å². The Morgan fingerprint density at radius 2 is 2.22 bits per heavy atom. The highest BCUT2D eigenvalue weighted by molar-refractivity contribution is 6.35.